The lowest BCUT2D eigenvalue weighted by atomic mass is 10.4. The van der Waals surface area contributed by atoms with E-state index < -0.39 is 20.2 Å². The molecule has 114 valence electrons. The Bertz CT molecular complexity index is 783. The molecule has 0 unspecified atom stereocenters. The highest BCUT2D eigenvalue weighted by atomic mass is 35.5. The molecule has 0 amide bonds. The molecule has 0 atom stereocenters. The summed E-state index contributed by atoms with van der Waals surface area (Å²) in [7, 11) is -8.08. The minimum absolute atomic E-state index is 0.0741. The average molecular weight is 351 g/mol. The molecule has 21 heavy (non-hydrogen) atoms. The quantitative estimate of drug-likeness (QED) is 0.805. The van der Waals surface area contributed by atoms with Gasteiger partial charge in [0, 0.05) is 5.02 Å². The van der Waals surface area contributed by atoms with Crippen molar-refractivity contribution in [3.8, 4) is 0 Å². The van der Waals surface area contributed by atoms with Gasteiger partial charge in [-0.05, 0) is 36.4 Å². The monoisotopic (exact) mass is 350 g/mol. The van der Waals surface area contributed by atoms with Crippen molar-refractivity contribution in [2.45, 2.75) is 9.79 Å². The summed E-state index contributed by atoms with van der Waals surface area (Å²) in [5, 5.41) is 0.428. The topological polar surface area (TPSA) is 109 Å². The first kappa shape index (κ1) is 17.6. The van der Waals surface area contributed by atoms with E-state index in [0.29, 0.717) is 5.02 Å². The third-order valence-electron chi connectivity index (χ3n) is 2.15. The van der Waals surface area contributed by atoms with Crippen LogP contribution < -0.4 is 0 Å². The van der Waals surface area contributed by atoms with Gasteiger partial charge in [-0.2, -0.15) is 16.8 Å². The molecule has 0 bridgehead atoms. The molecule has 0 saturated heterocycles. The number of benzene rings is 2. The molecular formula is C12H11ClO6S2. The van der Waals surface area contributed by atoms with Crippen LogP contribution in [0.25, 0.3) is 0 Å². The van der Waals surface area contributed by atoms with Crippen LogP contribution in [0.15, 0.2) is 64.4 Å². The van der Waals surface area contributed by atoms with Gasteiger partial charge in [0.05, 0.1) is 9.79 Å². The van der Waals surface area contributed by atoms with Crippen LogP contribution in [0.2, 0.25) is 5.02 Å². The number of hydrogen-bond acceptors (Lipinski definition) is 4. The summed E-state index contributed by atoms with van der Waals surface area (Å²) in [6, 6.07) is 12.7. The summed E-state index contributed by atoms with van der Waals surface area (Å²) in [5.74, 6) is 0. The van der Waals surface area contributed by atoms with Crippen molar-refractivity contribution in [1.82, 2.24) is 0 Å². The number of hydrogen-bond donors (Lipinski definition) is 2. The zero-order valence-corrected chi connectivity index (χ0v) is 12.8. The molecule has 0 aliphatic rings. The molecule has 2 aromatic carbocycles. The van der Waals surface area contributed by atoms with Crippen LogP contribution in [0.4, 0.5) is 0 Å². The standard InChI is InChI=1S/C6H5ClO3S.C6H6O3S/c7-5-1-3-6(4-2-5)11(8,9)10;7-10(8,9)6-4-2-1-3-5-6/h1-4H,(H,8,9,10);1-5H,(H,7,8,9). The summed E-state index contributed by atoms with van der Waals surface area (Å²) < 4.78 is 58.7. The molecule has 2 N–H and O–H groups in total. The molecule has 0 fully saturated rings. The van der Waals surface area contributed by atoms with Crippen molar-refractivity contribution in [2.24, 2.45) is 0 Å². The van der Waals surface area contributed by atoms with Gasteiger partial charge in [-0.3, -0.25) is 9.11 Å². The van der Waals surface area contributed by atoms with Crippen molar-refractivity contribution in [3.63, 3.8) is 0 Å². The average Bonchev–Trinajstić information content (AvgIpc) is 2.39. The summed E-state index contributed by atoms with van der Waals surface area (Å²) in [5.41, 5.74) is 0. The Morgan fingerprint density at radius 2 is 1.05 bits per heavy atom. The van der Waals surface area contributed by atoms with Crippen molar-refractivity contribution >= 4 is 31.8 Å². The van der Waals surface area contributed by atoms with E-state index in [1.807, 2.05) is 0 Å². The maximum Gasteiger partial charge on any atom is 0.294 e. The molecule has 0 aliphatic carbocycles. The Morgan fingerprint density at radius 1 is 0.667 bits per heavy atom. The summed E-state index contributed by atoms with van der Waals surface area (Å²) >= 11 is 5.49. The Balaban J connectivity index is 0.000000211. The van der Waals surface area contributed by atoms with E-state index in [4.69, 9.17) is 20.7 Å². The van der Waals surface area contributed by atoms with Gasteiger partial charge >= 0.3 is 0 Å². The van der Waals surface area contributed by atoms with E-state index in [1.54, 1.807) is 18.2 Å². The molecule has 2 aromatic rings. The maximum absolute atomic E-state index is 10.5. The van der Waals surface area contributed by atoms with Gasteiger partial charge in [-0.25, -0.2) is 0 Å². The van der Waals surface area contributed by atoms with E-state index >= 15 is 0 Å². The van der Waals surface area contributed by atoms with Crippen LogP contribution in [-0.4, -0.2) is 25.9 Å². The minimum Gasteiger partial charge on any atom is -0.282 e. The second-order valence-electron chi connectivity index (χ2n) is 3.72. The highest BCUT2D eigenvalue weighted by Gasteiger charge is 2.07. The SMILES string of the molecule is O=S(=O)(O)c1ccc(Cl)cc1.O=S(=O)(O)c1ccccc1. The summed E-state index contributed by atoms with van der Waals surface area (Å²) in [6.07, 6.45) is 0. The molecule has 0 aromatic heterocycles. The fourth-order valence-electron chi connectivity index (χ4n) is 1.20. The lowest BCUT2D eigenvalue weighted by Gasteiger charge is -1.94. The predicted molar refractivity (Wildman–Crippen MR) is 77.5 cm³/mol. The molecule has 0 spiro atoms. The third kappa shape index (κ3) is 6.23. The van der Waals surface area contributed by atoms with E-state index in [9.17, 15) is 16.8 Å². The van der Waals surface area contributed by atoms with Crippen LogP contribution in [0.5, 0.6) is 0 Å². The Hall–Kier alpha value is -1.45. The van der Waals surface area contributed by atoms with Crippen molar-refractivity contribution in [2.75, 3.05) is 0 Å². The van der Waals surface area contributed by atoms with Crippen LogP contribution in [0, 0.1) is 0 Å². The largest absolute Gasteiger partial charge is 0.294 e. The molecule has 0 saturated carbocycles. The lowest BCUT2D eigenvalue weighted by molar-refractivity contribution is 0.481. The van der Waals surface area contributed by atoms with Gasteiger partial charge in [-0.1, -0.05) is 29.8 Å². The highest BCUT2D eigenvalue weighted by Crippen LogP contribution is 2.13. The Labute approximate surface area is 127 Å². The van der Waals surface area contributed by atoms with Crippen molar-refractivity contribution in [3.05, 3.63) is 59.6 Å². The predicted octanol–water partition coefficient (Wildman–Crippen LogP) is 2.52. The number of halogens is 1. The van der Waals surface area contributed by atoms with Gasteiger partial charge in [0.25, 0.3) is 20.2 Å². The first-order valence-electron chi connectivity index (χ1n) is 5.36. The highest BCUT2D eigenvalue weighted by molar-refractivity contribution is 7.86. The first-order valence-corrected chi connectivity index (χ1v) is 8.62. The van der Waals surface area contributed by atoms with E-state index in [-0.39, 0.29) is 9.79 Å². The second kappa shape index (κ2) is 7.01. The maximum atomic E-state index is 10.5. The van der Waals surface area contributed by atoms with Gasteiger partial charge in [0.15, 0.2) is 0 Å². The summed E-state index contributed by atoms with van der Waals surface area (Å²) in [4.78, 5) is -0.225. The van der Waals surface area contributed by atoms with Gasteiger partial charge in [0.2, 0.25) is 0 Å². The first-order chi connectivity index (χ1) is 9.60. The number of rotatable bonds is 2. The zero-order valence-electron chi connectivity index (χ0n) is 10.4. The lowest BCUT2D eigenvalue weighted by Crippen LogP contribution is -1.96. The van der Waals surface area contributed by atoms with E-state index in [0.717, 1.165) is 0 Å². The van der Waals surface area contributed by atoms with Crippen molar-refractivity contribution < 1.29 is 25.9 Å². The van der Waals surface area contributed by atoms with Gasteiger partial charge in [-0.15, -0.1) is 0 Å². The minimum atomic E-state index is -4.08. The zero-order chi connectivity index (χ0) is 16.1. The smallest absolute Gasteiger partial charge is 0.282 e. The van der Waals surface area contributed by atoms with Crippen LogP contribution >= 0.6 is 11.6 Å². The Kier molecular flexibility index (Phi) is 5.87. The fraction of sp³-hybridized carbons (Fsp3) is 0. The molecule has 2 rings (SSSR count). The van der Waals surface area contributed by atoms with Gasteiger partial charge < -0.3 is 0 Å². The second-order valence-corrected chi connectivity index (χ2v) is 7.00. The molecule has 0 aliphatic heterocycles. The fourth-order valence-corrected chi connectivity index (χ4v) is 2.31. The third-order valence-corrected chi connectivity index (χ3v) is 4.14. The molecule has 0 heterocycles. The molecule has 0 radical (unpaired) electrons. The molecular weight excluding hydrogens is 340 g/mol. The van der Waals surface area contributed by atoms with Crippen LogP contribution in [0.3, 0.4) is 0 Å². The molecule has 9 heteroatoms. The van der Waals surface area contributed by atoms with Crippen LogP contribution in [0.1, 0.15) is 0 Å². The normalized spacial score (nSPS) is 11.4. The Morgan fingerprint density at radius 3 is 1.38 bits per heavy atom. The van der Waals surface area contributed by atoms with E-state index in [2.05, 4.69) is 0 Å². The van der Waals surface area contributed by atoms with Gasteiger partial charge in [0.1, 0.15) is 0 Å². The van der Waals surface area contributed by atoms with E-state index in [1.165, 1.54) is 36.4 Å². The summed E-state index contributed by atoms with van der Waals surface area (Å²) in [6.45, 7) is 0. The molecule has 6 nitrogen and oxygen atoms in total. The van der Waals surface area contributed by atoms with Crippen molar-refractivity contribution in [1.29, 1.82) is 0 Å². The van der Waals surface area contributed by atoms with Crippen LogP contribution in [-0.2, 0) is 20.2 Å².